The largest absolute Gasteiger partial charge is 0.369 e. The summed E-state index contributed by atoms with van der Waals surface area (Å²) in [5, 5.41) is 1.06. The Labute approximate surface area is 110 Å². The molecule has 0 aliphatic heterocycles. The molecule has 0 fully saturated rings. The van der Waals surface area contributed by atoms with E-state index in [2.05, 4.69) is 4.98 Å². The SMILES string of the molecule is CCn1c(N)nc(-c2ccc(Cl)c(Cl)c2)c1C. The van der Waals surface area contributed by atoms with Crippen molar-refractivity contribution in [1.82, 2.24) is 9.55 Å². The molecule has 1 heterocycles. The predicted molar refractivity (Wildman–Crippen MR) is 72.5 cm³/mol. The van der Waals surface area contributed by atoms with Crippen LogP contribution in [0.4, 0.5) is 5.95 Å². The first kappa shape index (κ1) is 12.3. The standard InChI is InChI=1S/C12H13Cl2N3/c1-3-17-7(2)11(16-12(17)15)8-4-5-9(13)10(14)6-8/h4-6H,3H2,1-2H3,(H2,15,16). The molecule has 0 atom stereocenters. The number of imidazole rings is 1. The van der Waals surface area contributed by atoms with Gasteiger partial charge in [0.2, 0.25) is 5.95 Å². The van der Waals surface area contributed by atoms with E-state index in [1.54, 1.807) is 12.1 Å². The number of benzene rings is 1. The van der Waals surface area contributed by atoms with E-state index in [0.29, 0.717) is 16.0 Å². The smallest absolute Gasteiger partial charge is 0.200 e. The maximum absolute atomic E-state index is 6.00. The van der Waals surface area contributed by atoms with Gasteiger partial charge < -0.3 is 10.3 Å². The van der Waals surface area contributed by atoms with Crippen LogP contribution in [0, 0.1) is 6.92 Å². The van der Waals surface area contributed by atoms with Gasteiger partial charge in [-0.1, -0.05) is 29.3 Å². The van der Waals surface area contributed by atoms with Crippen LogP contribution in [-0.4, -0.2) is 9.55 Å². The Kier molecular flexibility index (Phi) is 3.31. The monoisotopic (exact) mass is 269 g/mol. The fraction of sp³-hybridized carbons (Fsp3) is 0.250. The number of nitrogens with two attached hydrogens (primary N) is 1. The Bertz CT molecular complexity index is 561. The Morgan fingerprint density at radius 3 is 2.53 bits per heavy atom. The summed E-state index contributed by atoms with van der Waals surface area (Å²) in [4.78, 5) is 4.36. The van der Waals surface area contributed by atoms with Crippen LogP contribution in [-0.2, 0) is 6.54 Å². The van der Waals surface area contributed by atoms with Gasteiger partial charge in [0.1, 0.15) is 0 Å². The van der Waals surface area contributed by atoms with Crippen molar-refractivity contribution < 1.29 is 0 Å². The molecule has 0 radical (unpaired) electrons. The molecule has 2 aromatic rings. The van der Waals surface area contributed by atoms with Crippen molar-refractivity contribution in [3.05, 3.63) is 33.9 Å². The fourth-order valence-corrected chi connectivity index (χ4v) is 2.17. The fourth-order valence-electron chi connectivity index (χ4n) is 1.87. The van der Waals surface area contributed by atoms with Gasteiger partial charge in [0.25, 0.3) is 0 Å². The van der Waals surface area contributed by atoms with Crippen molar-refractivity contribution in [2.45, 2.75) is 20.4 Å². The number of halogens is 2. The number of aromatic nitrogens is 2. The molecule has 0 unspecified atom stereocenters. The summed E-state index contributed by atoms with van der Waals surface area (Å²) in [6.45, 7) is 4.82. The second-order valence-corrected chi connectivity index (χ2v) is 4.59. The third-order valence-electron chi connectivity index (χ3n) is 2.76. The molecule has 17 heavy (non-hydrogen) atoms. The van der Waals surface area contributed by atoms with Crippen molar-refractivity contribution in [3.8, 4) is 11.3 Å². The zero-order valence-corrected chi connectivity index (χ0v) is 11.2. The predicted octanol–water partition coefficient (Wildman–Crippen LogP) is 3.77. The molecule has 0 spiro atoms. The summed E-state index contributed by atoms with van der Waals surface area (Å²) in [6.07, 6.45) is 0. The van der Waals surface area contributed by atoms with Crippen molar-refractivity contribution in [1.29, 1.82) is 0 Å². The Morgan fingerprint density at radius 2 is 2.00 bits per heavy atom. The molecule has 2 rings (SSSR count). The molecule has 2 N–H and O–H groups in total. The van der Waals surface area contributed by atoms with Gasteiger partial charge in [-0.3, -0.25) is 0 Å². The number of rotatable bonds is 2. The lowest BCUT2D eigenvalue weighted by molar-refractivity contribution is 0.750. The molecule has 0 saturated heterocycles. The minimum absolute atomic E-state index is 0.520. The van der Waals surface area contributed by atoms with Crippen LogP contribution in [0.2, 0.25) is 10.0 Å². The zero-order valence-electron chi connectivity index (χ0n) is 9.67. The molecule has 0 amide bonds. The summed E-state index contributed by atoms with van der Waals surface area (Å²) in [5.74, 6) is 0.520. The van der Waals surface area contributed by atoms with Gasteiger partial charge in [0, 0.05) is 17.8 Å². The highest BCUT2D eigenvalue weighted by molar-refractivity contribution is 6.42. The van der Waals surface area contributed by atoms with Crippen LogP contribution in [0.5, 0.6) is 0 Å². The van der Waals surface area contributed by atoms with Crippen molar-refractivity contribution >= 4 is 29.2 Å². The average Bonchev–Trinajstić information content (AvgIpc) is 2.58. The number of hydrogen-bond donors (Lipinski definition) is 1. The molecular formula is C12H13Cl2N3. The lowest BCUT2D eigenvalue weighted by Gasteiger charge is -2.04. The number of anilines is 1. The molecule has 1 aromatic carbocycles. The van der Waals surface area contributed by atoms with Crippen LogP contribution in [0.15, 0.2) is 18.2 Å². The molecule has 90 valence electrons. The van der Waals surface area contributed by atoms with Crippen molar-refractivity contribution in [3.63, 3.8) is 0 Å². The lowest BCUT2D eigenvalue weighted by atomic mass is 10.1. The van der Waals surface area contributed by atoms with Crippen LogP contribution >= 0.6 is 23.2 Å². The highest BCUT2D eigenvalue weighted by atomic mass is 35.5. The summed E-state index contributed by atoms with van der Waals surface area (Å²) >= 11 is 11.9. The zero-order chi connectivity index (χ0) is 12.6. The molecule has 0 aliphatic carbocycles. The van der Waals surface area contributed by atoms with Crippen molar-refractivity contribution in [2.24, 2.45) is 0 Å². The van der Waals surface area contributed by atoms with Gasteiger partial charge in [0.15, 0.2) is 0 Å². The van der Waals surface area contributed by atoms with Gasteiger partial charge in [-0.2, -0.15) is 0 Å². The van der Waals surface area contributed by atoms with Gasteiger partial charge in [-0.25, -0.2) is 4.98 Å². The highest BCUT2D eigenvalue weighted by Gasteiger charge is 2.13. The van der Waals surface area contributed by atoms with Crippen LogP contribution in [0.3, 0.4) is 0 Å². The van der Waals surface area contributed by atoms with Crippen LogP contribution in [0.1, 0.15) is 12.6 Å². The molecule has 0 aliphatic rings. The summed E-state index contributed by atoms with van der Waals surface area (Å²) in [6, 6.07) is 5.46. The van der Waals surface area contributed by atoms with Gasteiger partial charge in [-0.15, -0.1) is 0 Å². The topological polar surface area (TPSA) is 43.8 Å². The van der Waals surface area contributed by atoms with Gasteiger partial charge >= 0.3 is 0 Å². The second kappa shape index (κ2) is 4.59. The molecule has 1 aromatic heterocycles. The number of nitrogens with zero attached hydrogens (tertiary/aromatic N) is 2. The Hall–Kier alpha value is -1.19. The van der Waals surface area contributed by atoms with E-state index in [-0.39, 0.29) is 0 Å². The van der Waals surface area contributed by atoms with Gasteiger partial charge in [-0.05, 0) is 26.0 Å². The minimum Gasteiger partial charge on any atom is -0.369 e. The summed E-state index contributed by atoms with van der Waals surface area (Å²) in [7, 11) is 0. The third kappa shape index (κ3) is 2.13. The Morgan fingerprint density at radius 1 is 1.29 bits per heavy atom. The third-order valence-corrected chi connectivity index (χ3v) is 3.50. The van der Waals surface area contributed by atoms with Crippen LogP contribution < -0.4 is 5.73 Å². The first-order valence-corrected chi connectivity index (χ1v) is 6.08. The van der Waals surface area contributed by atoms with E-state index in [1.165, 1.54) is 0 Å². The molecule has 0 saturated carbocycles. The van der Waals surface area contributed by atoms with Crippen LogP contribution in [0.25, 0.3) is 11.3 Å². The van der Waals surface area contributed by atoms with E-state index in [0.717, 1.165) is 23.5 Å². The quantitative estimate of drug-likeness (QED) is 0.902. The Balaban J connectivity index is 2.57. The molecule has 5 heteroatoms. The van der Waals surface area contributed by atoms with E-state index in [9.17, 15) is 0 Å². The minimum atomic E-state index is 0.520. The second-order valence-electron chi connectivity index (χ2n) is 3.78. The maximum atomic E-state index is 6.00. The van der Waals surface area contributed by atoms with E-state index < -0.39 is 0 Å². The number of hydrogen-bond acceptors (Lipinski definition) is 2. The molecule has 3 nitrogen and oxygen atoms in total. The molecule has 0 bridgehead atoms. The average molecular weight is 270 g/mol. The van der Waals surface area contributed by atoms with Crippen molar-refractivity contribution in [2.75, 3.05) is 5.73 Å². The van der Waals surface area contributed by atoms with Gasteiger partial charge in [0.05, 0.1) is 15.7 Å². The number of nitrogen functional groups attached to an aromatic ring is 1. The molecular weight excluding hydrogens is 257 g/mol. The lowest BCUT2D eigenvalue weighted by Crippen LogP contribution is -2.02. The van der Waals surface area contributed by atoms with E-state index in [1.807, 2.05) is 24.5 Å². The first-order valence-electron chi connectivity index (χ1n) is 5.32. The first-order chi connectivity index (χ1) is 8.04. The van der Waals surface area contributed by atoms with E-state index in [4.69, 9.17) is 28.9 Å². The summed E-state index contributed by atoms with van der Waals surface area (Å²) in [5.41, 5.74) is 8.66. The van der Waals surface area contributed by atoms with E-state index >= 15 is 0 Å². The summed E-state index contributed by atoms with van der Waals surface area (Å²) < 4.78 is 1.96. The normalized spacial score (nSPS) is 10.8. The highest BCUT2D eigenvalue weighted by Crippen LogP contribution is 2.30. The maximum Gasteiger partial charge on any atom is 0.200 e.